The van der Waals surface area contributed by atoms with Crippen molar-refractivity contribution in [2.45, 2.75) is 11.8 Å². The summed E-state index contributed by atoms with van der Waals surface area (Å²) in [5.41, 5.74) is 1.49. The van der Waals surface area contributed by atoms with E-state index in [1.54, 1.807) is 48.5 Å². The largest absolute Gasteiger partial charge is 1.00 e. The number of hydrogen-bond donors (Lipinski definition) is 1. The molecular formula is C14H15FNO3S-. The van der Waals surface area contributed by atoms with E-state index in [0.29, 0.717) is 11.4 Å². The van der Waals surface area contributed by atoms with Gasteiger partial charge in [-0.2, -0.15) is 0 Å². The highest BCUT2D eigenvalue weighted by atomic mass is 32.2. The molecule has 4 nitrogen and oxygen atoms in total. The fourth-order valence-electron chi connectivity index (χ4n) is 1.62. The number of methoxy groups -OCH3 is 1. The Morgan fingerprint density at radius 2 is 1.70 bits per heavy atom. The summed E-state index contributed by atoms with van der Waals surface area (Å²) < 4.78 is 31.9. The van der Waals surface area contributed by atoms with Crippen molar-refractivity contribution in [2.24, 2.45) is 0 Å². The highest BCUT2D eigenvalue weighted by Gasteiger charge is 2.13. The number of ether oxygens (including phenoxy) is 1. The Labute approximate surface area is 117 Å². The van der Waals surface area contributed by atoms with Crippen molar-refractivity contribution >= 4 is 15.7 Å². The molecule has 0 aromatic heterocycles. The molecule has 2 aromatic rings. The van der Waals surface area contributed by atoms with Crippen molar-refractivity contribution in [1.29, 1.82) is 0 Å². The van der Waals surface area contributed by atoms with Crippen molar-refractivity contribution in [3.8, 4) is 5.75 Å². The Bertz CT molecular complexity index is 669. The molecule has 2 aromatic carbocycles. The highest BCUT2D eigenvalue weighted by Crippen LogP contribution is 2.20. The van der Waals surface area contributed by atoms with Crippen LogP contribution in [-0.2, 0) is 10.0 Å². The summed E-state index contributed by atoms with van der Waals surface area (Å²) in [4.78, 5) is 0.237. The van der Waals surface area contributed by atoms with Gasteiger partial charge in [0, 0.05) is 6.07 Å². The van der Waals surface area contributed by atoms with Crippen LogP contribution >= 0.6 is 0 Å². The Morgan fingerprint density at radius 3 is 2.30 bits per heavy atom. The number of aryl methyl sites for hydroxylation is 1. The Morgan fingerprint density at radius 1 is 1.05 bits per heavy atom. The van der Waals surface area contributed by atoms with Crippen LogP contribution in [0.2, 0.25) is 0 Å². The van der Waals surface area contributed by atoms with Crippen molar-refractivity contribution in [2.75, 3.05) is 11.8 Å². The topological polar surface area (TPSA) is 55.4 Å². The van der Waals surface area contributed by atoms with Gasteiger partial charge in [-0.1, -0.05) is 23.8 Å². The van der Waals surface area contributed by atoms with Gasteiger partial charge in [-0.3, -0.25) is 4.72 Å². The summed E-state index contributed by atoms with van der Waals surface area (Å²) in [7, 11) is -2.03. The lowest BCUT2D eigenvalue weighted by molar-refractivity contribution is -0.00000666. The predicted molar refractivity (Wildman–Crippen MR) is 75.0 cm³/mol. The maximum absolute atomic E-state index is 12.2. The quantitative estimate of drug-likeness (QED) is 0.851. The maximum atomic E-state index is 12.2. The zero-order chi connectivity index (χ0) is 13.9. The first-order valence-corrected chi connectivity index (χ1v) is 7.23. The lowest BCUT2D eigenvalue weighted by Gasteiger charge is -2.09. The van der Waals surface area contributed by atoms with Crippen LogP contribution in [0.4, 0.5) is 5.69 Å². The monoisotopic (exact) mass is 296 g/mol. The molecule has 0 unspecified atom stereocenters. The molecule has 20 heavy (non-hydrogen) atoms. The molecule has 108 valence electrons. The van der Waals surface area contributed by atoms with E-state index < -0.39 is 10.0 Å². The van der Waals surface area contributed by atoms with Crippen LogP contribution in [0.15, 0.2) is 53.4 Å². The Kier molecular flexibility index (Phi) is 5.10. The van der Waals surface area contributed by atoms with Crippen LogP contribution in [0.5, 0.6) is 5.75 Å². The summed E-state index contributed by atoms with van der Waals surface area (Å²) in [5.74, 6) is 0.601. The standard InChI is InChI=1S/C14H15NO3S.FH/c1-11-6-8-14(9-7-11)19(16,17)15-12-4-3-5-13(10-12)18-2;/h3-10,15H,1-2H3;1H/p-1. The summed E-state index contributed by atoms with van der Waals surface area (Å²) in [5, 5.41) is 0. The number of nitrogens with one attached hydrogen (secondary N) is 1. The normalized spacial score (nSPS) is 10.5. The zero-order valence-corrected chi connectivity index (χ0v) is 11.9. The van der Waals surface area contributed by atoms with E-state index in [-0.39, 0.29) is 9.60 Å². The first-order valence-electron chi connectivity index (χ1n) is 5.75. The molecule has 1 N–H and O–H groups in total. The molecule has 0 bridgehead atoms. The van der Waals surface area contributed by atoms with Crippen LogP contribution in [0.1, 0.15) is 5.56 Å². The van der Waals surface area contributed by atoms with Gasteiger partial charge in [0.05, 0.1) is 17.7 Å². The summed E-state index contributed by atoms with van der Waals surface area (Å²) >= 11 is 0. The highest BCUT2D eigenvalue weighted by molar-refractivity contribution is 7.92. The van der Waals surface area contributed by atoms with Crippen LogP contribution in [0.25, 0.3) is 0 Å². The molecule has 0 amide bonds. The third kappa shape index (κ3) is 3.71. The van der Waals surface area contributed by atoms with Crippen LogP contribution in [-0.4, -0.2) is 15.5 Å². The molecule has 0 radical (unpaired) electrons. The third-order valence-corrected chi connectivity index (χ3v) is 4.05. The Balaban J connectivity index is 0.00000200. The molecule has 0 aliphatic rings. The van der Waals surface area contributed by atoms with Crippen LogP contribution in [0, 0.1) is 6.92 Å². The molecule has 0 heterocycles. The fourth-order valence-corrected chi connectivity index (χ4v) is 2.67. The average molecular weight is 296 g/mol. The molecule has 0 fully saturated rings. The molecule has 2 rings (SSSR count). The van der Waals surface area contributed by atoms with Crippen LogP contribution in [0.3, 0.4) is 0 Å². The lowest BCUT2D eigenvalue weighted by atomic mass is 10.2. The second kappa shape index (κ2) is 6.38. The molecule has 0 saturated heterocycles. The van der Waals surface area contributed by atoms with Gasteiger partial charge in [-0.05, 0) is 31.2 Å². The van der Waals surface area contributed by atoms with Gasteiger partial charge in [-0.25, -0.2) is 8.42 Å². The smallest absolute Gasteiger partial charge is 0.261 e. The second-order valence-corrected chi connectivity index (χ2v) is 5.83. The summed E-state index contributed by atoms with van der Waals surface area (Å²) in [6, 6.07) is 13.5. The summed E-state index contributed by atoms with van der Waals surface area (Å²) in [6.45, 7) is 1.91. The van der Waals surface area contributed by atoms with E-state index in [1.165, 1.54) is 7.11 Å². The Hall–Kier alpha value is -2.08. The summed E-state index contributed by atoms with van der Waals surface area (Å²) in [6.07, 6.45) is 0. The van der Waals surface area contributed by atoms with Crippen molar-refractivity contribution < 1.29 is 17.9 Å². The molecular weight excluding hydrogens is 281 g/mol. The minimum Gasteiger partial charge on any atom is -1.00 e. The number of hydrogen-bond acceptors (Lipinski definition) is 3. The first kappa shape index (κ1) is 16.0. The first-order chi connectivity index (χ1) is 9.01. The van der Waals surface area contributed by atoms with Gasteiger partial charge >= 0.3 is 0 Å². The van der Waals surface area contributed by atoms with Gasteiger partial charge in [0.2, 0.25) is 0 Å². The minimum absolute atomic E-state index is 0. The molecule has 0 spiro atoms. The van der Waals surface area contributed by atoms with Gasteiger partial charge in [0.15, 0.2) is 0 Å². The van der Waals surface area contributed by atoms with Gasteiger partial charge < -0.3 is 9.44 Å². The van der Waals surface area contributed by atoms with Crippen molar-refractivity contribution in [3.05, 3.63) is 54.1 Å². The van der Waals surface area contributed by atoms with E-state index in [2.05, 4.69) is 4.72 Å². The predicted octanol–water partition coefficient (Wildman–Crippen LogP) is -0.192. The minimum atomic E-state index is -3.56. The van der Waals surface area contributed by atoms with E-state index in [4.69, 9.17) is 4.74 Å². The number of rotatable bonds is 4. The fraction of sp³-hybridized carbons (Fsp3) is 0.143. The number of halogens is 1. The SMILES string of the molecule is COc1cccc(NS(=O)(=O)c2ccc(C)cc2)c1.[F-]. The van der Waals surface area contributed by atoms with Crippen LogP contribution < -0.4 is 14.2 Å². The number of sulfonamides is 1. The van der Waals surface area contributed by atoms with Crippen molar-refractivity contribution in [3.63, 3.8) is 0 Å². The molecule has 0 aliphatic heterocycles. The number of benzene rings is 2. The zero-order valence-electron chi connectivity index (χ0n) is 11.1. The number of anilines is 1. The maximum Gasteiger partial charge on any atom is 0.261 e. The van der Waals surface area contributed by atoms with Gasteiger partial charge in [0.1, 0.15) is 5.75 Å². The van der Waals surface area contributed by atoms with E-state index in [1.807, 2.05) is 6.92 Å². The third-order valence-electron chi connectivity index (χ3n) is 2.65. The average Bonchev–Trinajstić information content (AvgIpc) is 2.39. The van der Waals surface area contributed by atoms with Gasteiger partial charge in [-0.15, -0.1) is 0 Å². The van der Waals surface area contributed by atoms with Gasteiger partial charge in [0.25, 0.3) is 10.0 Å². The molecule has 0 aliphatic carbocycles. The van der Waals surface area contributed by atoms with Crippen molar-refractivity contribution in [1.82, 2.24) is 0 Å². The van der Waals surface area contributed by atoms with E-state index >= 15 is 0 Å². The lowest BCUT2D eigenvalue weighted by Crippen LogP contribution is -3.00. The molecule has 0 saturated carbocycles. The van der Waals surface area contributed by atoms with E-state index in [0.717, 1.165) is 5.56 Å². The molecule has 6 heteroatoms. The molecule has 0 atom stereocenters. The van der Waals surface area contributed by atoms with E-state index in [9.17, 15) is 8.42 Å². The second-order valence-electron chi connectivity index (χ2n) is 4.15.